The Hall–Kier alpha value is -2.60. The van der Waals surface area contributed by atoms with Crippen molar-refractivity contribution in [2.24, 2.45) is 5.92 Å². The molecular weight excluding hydrogens is 366 g/mol. The largest absolute Gasteiger partial charge is 0.481 e. The number of rotatable bonds is 4. The Kier molecular flexibility index (Phi) is 5.65. The molecule has 1 aromatic carbocycles. The van der Waals surface area contributed by atoms with Gasteiger partial charge in [-0.25, -0.2) is 4.98 Å². The maximum absolute atomic E-state index is 12.5. The van der Waals surface area contributed by atoms with Crippen LogP contribution in [0.4, 0.5) is 5.69 Å². The lowest BCUT2D eigenvalue weighted by Crippen LogP contribution is -2.39. The lowest BCUT2D eigenvalue weighted by molar-refractivity contribution is -0.138. The molecule has 3 rings (SSSR count). The number of fused-ring (bicyclic) bond motifs is 1. The fourth-order valence-corrected chi connectivity index (χ4v) is 3.23. The Balaban J connectivity index is 1.84. The highest BCUT2D eigenvalue weighted by Gasteiger charge is 2.28. The number of halogens is 1. The third-order valence-corrected chi connectivity index (χ3v) is 4.53. The summed E-state index contributed by atoms with van der Waals surface area (Å²) in [5, 5.41) is 2.97. The van der Waals surface area contributed by atoms with Gasteiger partial charge < -0.3 is 15.0 Å². The number of anilines is 1. The first-order chi connectivity index (χ1) is 12.8. The maximum Gasteiger partial charge on any atom is 0.263 e. The van der Waals surface area contributed by atoms with E-state index in [2.05, 4.69) is 24.1 Å². The molecule has 142 valence electrons. The van der Waals surface area contributed by atoms with Gasteiger partial charge >= 0.3 is 0 Å². The van der Waals surface area contributed by atoms with Crippen LogP contribution in [0, 0.1) is 5.92 Å². The van der Waals surface area contributed by atoms with Crippen LogP contribution >= 0.6 is 11.6 Å². The fraction of sp³-hybridized carbons (Fsp3) is 0.350. The molecule has 1 unspecified atom stereocenters. The van der Waals surface area contributed by atoms with Gasteiger partial charge in [0, 0.05) is 30.5 Å². The zero-order chi connectivity index (χ0) is 19.6. The van der Waals surface area contributed by atoms with Gasteiger partial charge in [0.1, 0.15) is 10.9 Å². The Morgan fingerprint density at radius 1 is 1.41 bits per heavy atom. The number of pyridine rings is 1. The van der Waals surface area contributed by atoms with E-state index in [4.69, 9.17) is 16.3 Å². The minimum absolute atomic E-state index is 0.0346. The van der Waals surface area contributed by atoms with E-state index >= 15 is 0 Å². The monoisotopic (exact) mass is 387 g/mol. The van der Waals surface area contributed by atoms with Crippen LogP contribution in [0.1, 0.15) is 36.7 Å². The molecule has 1 atom stereocenters. The topological polar surface area (TPSA) is 71.5 Å². The van der Waals surface area contributed by atoms with Crippen molar-refractivity contribution in [3.05, 3.63) is 52.8 Å². The third-order valence-electron chi connectivity index (χ3n) is 4.23. The predicted octanol–water partition coefficient (Wildman–Crippen LogP) is 3.75. The average Bonchev–Trinajstić information content (AvgIpc) is 2.72. The molecule has 0 radical (unpaired) electrons. The molecule has 0 aliphatic carbocycles. The molecule has 1 aliphatic heterocycles. The SMILES string of the molecule is CC(C)CN1Cc2cc(NC(=O)c3cccnc3Cl)ccc2OC(C)C1=O. The molecule has 2 heterocycles. The first-order valence-electron chi connectivity index (χ1n) is 8.85. The van der Waals surface area contributed by atoms with E-state index in [1.54, 1.807) is 36.1 Å². The summed E-state index contributed by atoms with van der Waals surface area (Å²) in [6.45, 7) is 6.98. The molecular formula is C20H22ClN3O3. The molecule has 1 aliphatic rings. The van der Waals surface area contributed by atoms with Crippen molar-refractivity contribution in [3.63, 3.8) is 0 Å². The first-order valence-corrected chi connectivity index (χ1v) is 9.23. The average molecular weight is 388 g/mol. The zero-order valence-corrected chi connectivity index (χ0v) is 16.3. The summed E-state index contributed by atoms with van der Waals surface area (Å²) in [6.07, 6.45) is 0.986. The normalized spacial score (nSPS) is 16.6. The van der Waals surface area contributed by atoms with Crippen LogP contribution in [0.15, 0.2) is 36.5 Å². The van der Waals surface area contributed by atoms with Crippen LogP contribution in [-0.4, -0.2) is 34.3 Å². The number of hydrogen-bond donors (Lipinski definition) is 1. The molecule has 0 spiro atoms. The van der Waals surface area contributed by atoms with E-state index in [9.17, 15) is 9.59 Å². The zero-order valence-electron chi connectivity index (χ0n) is 15.5. The number of nitrogens with one attached hydrogen (secondary N) is 1. The molecule has 2 amide bonds. The molecule has 27 heavy (non-hydrogen) atoms. The van der Waals surface area contributed by atoms with Crippen LogP contribution in [0.25, 0.3) is 0 Å². The molecule has 0 saturated carbocycles. The molecule has 6 nitrogen and oxygen atoms in total. The van der Waals surface area contributed by atoms with Crippen LogP contribution in [0.2, 0.25) is 5.15 Å². The summed E-state index contributed by atoms with van der Waals surface area (Å²) >= 11 is 5.99. The number of benzene rings is 1. The molecule has 2 aromatic rings. The number of aromatic nitrogens is 1. The number of nitrogens with zero attached hydrogens (tertiary/aromatic N) is 2. The molecule has 1 aromatic heterocycles. The van der Waals surface area contributed by atoms with Crippen molar-refractivity contribution >= 4 is 29.1 Å². The summed E-state index contributed by atoms with van der Waals surface area (Å²) in [7, 11) is 0. The smallest absolute Gasteiger partial charge is 0.263 e. The van der Waals surface area contributed by atoms with E-state index in [0.717, 1.165) is 5.56 Å². The van der Waals surface area contributed by atoms with E-state index < -0.39 is 6.10 Å². The van der Waals surface area contributed by atoms with Crippen LogP contribution in [0.3, 0.4) is 0 Å². The summed E-state index contributed by atoms with van der Waals surface area (Å²) in [5.41, 5.74) is 1.76. The summed E-state index contributed by atoms with van der Waals surface area (Å²) < 4.78 is 5.81. The van der Waals surface area contributed by atoms with E-state index in [0.29, 0.717) is 36.0 Å². The van der Waals surface area contributed by atoms with Crippen molar-refractivity contribution in [2.75, 3.05) is 11.9 Å². The Bertz CT molecular complexity index is 869. The highest BCUT2D eigenvalue weighted by atomic mass is 35.5. The molecule has 0 fully saturated rings. The molecule has 0 saturated heterocycles. The standard InChI is InChI=1S/C20H22ClN3O3/c1-12(2)10-24-11-14-9-15(6-7-17(14)27-13(3)20(24)26)23-19(25)16-5-4-8-22-18(16)21/h4-9,12-13H,10-11H2,1-3H3,(H,23,25). The third kappa shape index (κ3) is 4.39. The van der Waals surface area contributed by atoms with Crippen LogP contribution < -0.4 is 10.1 Å². The lowest BCUT2D eigenvalue weighted by atomic mass is 10.1. The molecule has 0 bridgehead atoms. The maximum atomic E-state index is 12.5. The summed E-state index contributed by atoms with van der Waals surface area (Å²) in [6, 6.07) is 8.62. The minimum Gasteiger partial charge on any atom is -0.481 e. The van der Waals surface area contributed by atoms with Gasteiger partial charge in [0.25, 0.3) is 11.8 Å². The number of amides is 2. The highest BCUT2D eigenvalue weighted by Crippen LogP contribution is 2.29. The second kappa shape index (κ2) is 7.96. The Morgan fingerprint density at radius 3 is 2.89 bits per heavy atom. The highest BCUT2D eigenvalue weighted by molar-refractivity contribution is 6.33. The van der Waals surface area contributed by atoms with Crippen LogP contribution in [-0.2, 0) is 11.3 Å². The fourth-order valence-electron chi connectivity index (χ4n) is 3.03. The van der Waals surface area contributed by atoms with Crippen molar-refractivity contribution < 1.29 is 14.3 Å². The summed E-state index contributed by atoms with van der Waals surface area (Å²) in [4.78, 5) is 30.7. The van der Waals surface area contributed by atoms with Crippen LogP contribution in [0.5, 0.6) is 5.75 Å². The van der Waals surface area contributed by atoms with Crippen molar-refractivity contribution in [1.29, 1.82) is 0 Å². The quantitative estimate of drug-likeness (QED) is 0.811. The number of carbonyl (C=O) groups is 2. The van der Waals surface area contributed by atoms with Crippen molar-refractivity contribution in [1.82, 2.24) is 9.88 Å². The number of hydrogen-bond acceptors (Lipinski definition) is 4. The van der Waals surface area contributed by atoms with Gasteiger partial charge in [0.2, 0.25) is 0 Å². The lowest BCUT2D eigenvalue weighted by Gasteiger charge is -2.24. The van der Waals surface area contributed by atoms with E-state index in [-0.39, 0.29) is 17.0 Å². The van der Waals surface area contributed by atoms with Gasteiger partial charge in [-0.3, -0.25) is 9.59 Å². The summed E-state index contributed by atoms with van der Waals surface area (Å²) in [5.74, 6) is 0.622. The van der Waals surface area contributed by atoms with E-state index in [1.807, 2.05) is 6.07 Å². The van der Waals surface area contributed by atoms with Gasteiger partial charge in [0.05, 0.1) is 5.56 Å². The Labute approximate surface area is 163 Å². The Morgan fingerprint density at radius 2 is 2.19 bits per heavy atom. The second-order valence-electron chi connectivity index (χ2n) is 6.99. The van der Waals surface area contributed by atoms with Gasteiger partial charge in [-0.15, -0.1) is 0 Å². The van der Waals surface area contributed by atoms with Crippen molar-refractivity contribution in [3.8, 4) is 5.75 Å². The van der Waals surface area contributed by atoms with E-state index in [1.165, 1.54) is 6.20 Å². The van der Waals surface area contributed by atoms with Gasteiger partial charge in [-0.1, -0.05) is 25.4 Å². The predicted molar refractivity (Wildman–Crippen MR) is 104 cm³/mol. The van der Waals surface area contributed by atoms with Gasteiger partial charge in [-0.05, 0) is 43.2 Å². The molecule has 1 N–H and O–H groups in total. The first kappa shape index (κ1) is 19.2. The van der Waals surface area contributed by atoms with Crippen molar-refractivity contribution in [2.45, 2.75) is 33.4 Å². The minimum atomic E-state index is -0.542. The number of carbonyl (C=O) groups excluding carboxylic acids is 2. The number of ether oxygens (including phenoxy) is 1. The van der Waals surface area contributed by atoms with Gasteiger partial charge in [-0.2, -0.15) is 0 Å². The molecule has 7 heteroatoms. The van der Waals surface area contributed by atoms with Gasteiger partial charge in [0.15, 0.2) is 6.10 Å². The second-order valence-corrected chi connectivity index (χ2v) is 7.35.